The van der Waals surface area contributed by atoms with E-state index in [0.717, 1.165) is 10.6 Å². The summed E-state index contributed by atoms with van der Waals surface area (Å²) in [6.45, 7) is 0. The quantitative estimate of drug-likeness (QED) is 0.0943. The molecule has 0 unspecified atom stereocenters. The number of hydrogen-bond acceptors (Lipinski definition) is 2. The van der Waals surface area contributed by atoms with Crippen molar-refractivity contribution in [3.8, 4) is 0 Å². The molecule has 38 heteroatoms. The highest BCUT2D eigenvalue weighted by molar-refractivity contribution is 6.22. The lowest BCUT2D eigenvalue weighted by Gasteiger charge is -2.43. The third-order valence-corrected chi connectivity index (χ3v) is 11.5. The van der Waals surface area contributed by atoms with Gasteiger partial charge in [0, 0.05) is 12.1 Å². The van der Waals surface area contributed by atoms with E-state index in [0.29, 0.717) is 0 Å². The first-order chi connectivity index (χ1) is 29.9. The Bertz CT molecular complexity index is 1720. The Labute approximate surface area is 371 Å². The average Bonchev–Trinajstić information content (AvgIpc) is 3.17. The summed E-state index contributed by atoms with van der Waals surface area (Å²) in [6.07, 6.45) is -4.12. The Morgan fingerprint density at radius 1 is 0.304 bits per heavy atom. The molecule has 69 heavy (non-hydrogen) atoms. The molecule has 0 bridgehead atoms. The fraction of sp³-hybridized carbons (Fsp3) is 0.935. The molecule has 4 nitrogen and oxygen atoms in total. The van der Waals surface area contributed by atoms with Crippen molar-refractivity contribution in [2.75, 3.05) is 0 Å². The topological polar surface area (TPSA) is 58.2 Å². The first-order valence-corrected chi connectivity index (χ1v) is 18.7. The van der Waals surface area contributed by atoms with Crippen LogP contribution in [0.4, 0.5) is 140 Å². The summed E-state index contributed by atoms with van der Waals surface area (Å²) in [5.41, 5.74) is 0. The summed E-state index contributed by atoms with van der Waals surface area (Å²) >= 11 is 6.87. The zero-order valence-corrected chi connectivity index (χ0v) is 33.9. The summed E-state index contributed by atoms with van der Waals surface area (Å²) in [6, 6.07) is -3.70. The first kappa shape index (κ1) is 62.4. The number of amides is 2. The molecule has 2 aliphatic rings. The molecule has 0 spiro atoms. The highest BCUT2D eigenvalue weighted by Gasteiger charge is 2.97. The van der Waals surface area contributed by atoms with Gasteiger partial charge in [-0.25, -0.2) is 0 Å². The van der Waals surface area contributed by atoms with Crippen molar-refractivity contribution in [3.63, 3.8) is 0 Å². The summed E-state index contributed by atoms with van der Waals surface area (Å²) in [5.74, 6) is -126. The Balaban J connectivity index is 2.11. The van der Waals surface area contributed by atoms with Crippen LogP contribution in [0.1, 0.15) is 57.8 Å². The van der Waals surface area contributed by atoms with Gasteiger partial charge >= 0.3 is 93.7 Å². The number of hydrogen-bond donors (Lipinski definition) is 2. The fourth-order valence-electron chi connectivity index (χ4n) is 6.72. The van der Waals surface area contributed by atoms with Gasteiger partial charge in [-0.1, -0.05) is 0 Å². The second-order valence-electron chi connectivity index (χ2n) is 15.7. The minimum atomic E-state index is -8.83. The molecule has 2 rings (SSSR count). The van der Waals surface area contributed by atoms with E-state index in [4.69, 9.17) is 0 Å². The van der Waals surface area contributed by atoms with E-state index >= 15 is 0 Å². The van der Waals surface area contributed by atoms with Gasteiger partial charge in [-0.3, -0.25) is 9.59 Å². The van der Waals surface area contributed by atoms with Gasteiger partial charge in [-0.15, -0.1) is 0 Å². The molecule has 0 aromatic carbocycles. The largest absolute Gasteiger partial charge is 0.393 e. The van der Waals surface area contributed by atoms with Gasteiger partial charge in [0.1, 0.15) is 0 Å². The maximum absolute atomic E-state index is 14.4. The zero-order valence-electron chi connectivity index (χ0n) is 32.3. The molecular formula is C31H24Cl2F32N2O2. The van der Waals surface area contributed by atoms with Crippen LogP contribution in [0.3, 0.4) is 0 Å². The van der Waals surface area contributed by atoms with Crippen LogP contribution in [-0.2, 0) is 9.59 Å². The summed E-state index contributed by atoms with van der Waals surface area (Å²) in [5, 5.41) is -12.2. The van der Waals surface area contributed by atoms with Crippen molar-refractivity contribution in [1.29, 1.82) is 0 Å². The van der Waals surface area contributed by atoms with E-state index in [1.807, 2.05) is 0 Å². The summed E-state index contributed by atoms with van der Waals surface area (Å²) in [4.78, 5) is 23.9. The van der Waals surface area contributed by atoms with Crippen LogP contribution in [0.2, 0.25) is 0 Å². The molecule has 0 atom stereocenters. The van der Waals surface area contributed by atoms with Crippen molar-refractivity contribution in [2.45, 2.75) is 164 Å². The molecular weight excluding hydrogens is 1110 g/mol. The zero-order chi connectivity index (χ0) is 55.2. The van der Waals surface area contributed by atoms with Gasteiger partial charge in [0.2, 0.25) is 0 Å². The molecule has 2 saturated carbocycles. The average molecular weight is 1140 g/mol. The van der Waals surface area contributed by atoms with Gasteiger partial charge < -0.3 is 10.6 Å². The normalized spacial score (nSPS) is 22.6. The molecule has 2 fully saturated rings. The van der Waals surface area contributed by atoms with Crippen LogP contribution < -0.4 is 10.6 Å². The lowest BCUT2D eigenvalue weighted by atomic mass is 9.75. The lowest BCUT2D eigenvalue weighted by molar-refractivity contribution is -0.446. The standard InChI is InChI=1S/C31H24Cl2F32N2O2/c32-30(62,63)28(58,59)26(54,55)24(50,51)22(46,47)20(42,43)18(38,39)16(34,35)14(68)66-12-5-1-10(2-6-12)9-11-3-7-13(8-4-11)67-15(69)17(36,37)19(40,41)21(44,45)23(48,49)25(52,53)27(56,57)29(60,61)31(33,64)65/h10-13H,1-9H2,(H,66,68)(H,67,69). The predicted molar refractivity (Wildman–Crippen MR) is 163 cm³/mol. The third-order valence-electron chi connectivity index (χ3n) is 11.0. The van der Waals surface area contributed by atoms with E-state index in [-0.39, 0.29) is 32.1 Å². The molecule has 2 N–H and O–H groups in total. The van der Waals surface area contributed by atoms with Crippen molar-refractivity contribution in [1.82, 2.24) is 10.6 Å². The van der Waals surface area contributed by atoms with Crippen molar-refractivity contribution >= 4 is 35.0 Å². The number of rotatable bonds is 20. The number of carbonyl (C=O) groups excluding carboxylic acids is 2. The van der Waals surface area contributed by atoms with Crippen LogP contribution in [-0.4, -0.2) is 118 Å². The molecule has 408 valence electrons. The molecule has 0 aromatic rings. The number of alkyl halides is 34. The molecule has 2 aliphatic carbocycles. The van der Waals surface area contributed by atoms with E-state index in [1.165, 1.54) is 0 Å². The Morgan fingerprint density at radius 3 is 0.667 bits per heavy atom. The maximum atomic E-state index is 14.4. The van der Waals surface area contributed by atoms with E-state index < -0.39 is 155 Å². The second-order valence-corrected chi connectivity index (χ2v) is 16.6. The number of halogens is 34. The molecule has 0 radical (unpaired) electrons. The van der Waals surface area contributed by atoms with Gasteiger partial charge in [0.05, 0.1) is 0 Å². The third kappa shape index (κ3) is 9.34. The smallest absolute Gasteiger partial charge is 0.348 e. The van der Waals surface area contributed by atoms with E-state index in [2.05, 4.69) is 23.2 Å². The SMILES string of the molecule is O=C(NC1CCC(CC2CCC(NC(=O)C(F)(F)C(F)(F)C(F)(F)C(F)(F)C(F)(F)C(F)(F)C(F)(F)C(F)(F)Cl)CC2)CC1)C(F)(F)C(F)(F)C(F)(F)C(F)(F)C(F)(F)C(F)(F)C(F)(F)C(F)(F)Cl. The Kier molecular flexibility index (Phi) is 16.3. The predicted octanol–water partition coefficient (Wildman–Crippen LogP) is 13.3. The molecule has 0 saturated heterocycles. The van der Waals surface area contributed by atoms with Gasteiger partial charge in [-0.05, 0) is 92.8 Å². The Morgan fingerprint density at radius 2 is 0.478 bits per heavy atom. The Hall–Kier alpha value is -2.72. The first-order valence-electron chi connectivity index (χ1n) is 18.0. The fourth-order valence-corrected chi connectivity index (χ4v) is 6.96. The highest BCUT2D eigenvalue weighted by Crippen LogP contribution is 2.66. The summed E-state index contributed by atoms with van der Waals surface area (Å²) in [7, 11) is 0. The number of nitrogens with one attached hydrogen (secondary N) is 2. The minimum Gasteiger partial charge on any atom is -0.348 e. The highest BCUT2D eigenvalue weighted by atomic mass is 35.5. The van der Waals surface area contributed by atoms with Gasteiger partial charge in [0.15, 0.2) is 0 Å². The molecule has 0 heterocycles. The van der Waals surface area contributed by atoms with Crippen LogP contribution in [0.15, 0.2) is 0 Å². The van der Waals surface area contributed by atoms with Crippen LogP contribution in [0.25, 0.3) is 0 Å². The van der Waals surface area contributed by atoms with Crippen molar-refractivity contribution < 1.29 is 150 Å². The van der Waals surface area contributed by atoms with E-state index in [9.17, 15) is 150 Å². The lowest BCUT2D eigenvalue weighted by Crippen LogP contribution is -2.75. The van der Waals surface area contributed by atoms with Gasteiger partial charge in [-0.2, -0.15) is 140 Å². The number of carbonyl (C=O) groups is 2. The minimum absolute atomic E-state index is 0.104. The van der Waals surface area contributed by atoms with Crippen LogP contribution in [0.5, 0.6) is 0 Å². The van der Waals surface area contributed by atoms with Crippen LogP contribution >= 0.6 is 23.2 Å². The maximum Gasteiger partial charge on any atom is 0.393 e. The van der Waals surface area contributed by atoms with E-state index in [1.54, 1.807) is 0 Å². The molecule has 2 amide bonds. The molecule has 0 aromatic heterocycles. The van der Waals surface area contributed by atoms with Crippen molar-refractivity contribution in [2.24, 2.45) is 11.8 Å². The molecule has 0 aliphatic heterocycles. The summed E-state index contributed by atoms with van der Waals surface area (Å²) < 4.78 is 440. The van der Waals surface area contributed by atoms with Crippen molar-refractivity contribution in [3.05, 3.63) is 0 Å². The monoisotopic (exact) mass is 1130 g/mol. The second kappa shape index (κ2) is 18.0. The van der Waals surface area contributed by atoms with Crippen LogP contribution in [0, 0.1) is 11.8 Å². The van der Waals surface area contributed by atoms with Gasteiger partial charge in [0.25, 0.3) is 11.8 Å².